The summed E-state index contributed by atoms with van der Waals surface area (Å²) in [6, 6.07) is 16.1. The van der Waals surface area contributed by atoms with Crippen molar-refractivity contribution in [2.75, 3.05) is 0 Å². The van der Waals surface area contributed by atoms with Crippen molar-refractivity contribution in [3.8, 4) is 0 Å². The van der Waals surface area contributed by atoms with Crippen LogP contribution in [0.15, 0.2) is 58.9 Å². The summed E-state index contributed by atoms with van der Waals surface area (Å²) in [7, 11) is 1.96. The van der Waals surface area contributed by atoms with Gasteiger partial charge in [-0.3, -0.25) is 4.79 Å². The molecule has 22 heavy (non-hydrogen) atoms. The second-order valence-corrected chi connectivity index (χ2v) is 6.93. The molecule has 0 bridgehead atoms. The zero-order valence-corrected chi connectivity index (χ0v) is 13.4. The zero-order chi connectivity index (χ0) is 15.1. The molecule has 4 aromatic rings. The van der Waals surface area contributed by atoms with Crippen LogP contribution in [0.5, 0.6) is 0 Å². The van der Waals surface area contributed by atoms with Gasteiger partial charge in [-0.15, -0.1) is 11.3 Å². The molecule has 0 atom stereocenters. The summed E-state index contributed by atoms with van der Waals surface area (Å²) in [5.41, 5.74) is 1.13. The highest BCUT2D eigenvalue weighted by atomic mass is 32.1. The fourth-order valence-electron chi connectivity index (χ4n) is 2.57. The molecule has 108 valence electrons. The highest BCUT2D eigenvalue weighted by molar-refractivity contribution is 7.16. The largest absolute Gasteiger partial charge is 0.319 e. The lowest BCUT2D eigenvalue weighted by Gasteiger charge is -2.01. The first-order valence-corrected chi connectivity index (χ1v) is 8.53. The van der Waals surface area contributed by atoms with E-state index >= 15 is 0 Å². The Hall–Kier alpha value is -2.24. The Kier molecular flexibility index (Phi) is 3.17. The summed E-state index contributed by atoms with van der Waals surface area (Å²) in [6.07, 6.45) is 0. The Labute approximate surface area is 134 Å². The molecule has 0 fully saturated rings. The van der Waals surface area contributed by atoms with E-state index in [2.05, 4.69) is 29.3 Å². The first-order valence-electron chi connectivity index (χ1n) is 6.84. The van der Waals surface area contributed by atoms with Crippen molar-refractivity contribution in [2.45, 2.75) is 0 Å². The predicted molar refractivity (Wildman–Crippen MR) is 92.5 cm³/mol. The molecule has 1 amide bonds. The molecule has 0 N–H and O–H groups in total. The Bertz CT molecular complexity index is 1060. The number of aryl methyl sites for hydroxylation is 1. The maximum Gasteiger partial charge on any atom is 0.289 e. The molecule has 0 radical (unpaired) electrons. The minimum Gasteiger partial charge on any atom is -0.319 e. The topological polar surface area (TPSA) is 34.4 Å². The van der Waals surface area contributed by atoms with Gasteiger partial charge in [0.05, 0.1) is 15.1 Å². The number of benzene rings is 2. The van der Waals surface area contributed by atoms with Crippen LogP contribution in [0.3, 0.4) is 0 Å². The van der Waals surface area contributed by atoms with E-state index < -0.39 is 0 Å². The second kappa shape index (κ2) is 5.19. The number of aromatic nitrogens is 1. The van der Waals surface area contributed by atoms with Crippen molar-refractivity contribution in [2.24, 2.45) is 12.0 Å². The van der Waals surface area contributed by atoms with Gasteiger partial charge >= 0.3 is 0 Å². The molecule has 4 rings (SSSR count). The minimum atomic E-state index is -0.179. The van der Waals surface area contributed by atoms with E-state index in [-0.39, 0.29) is 5.91 Å². The number of carbonyl (C=O) groups excluding carboxylic acids is 1. The molecule has 2 heterocycles. The van der Waals surface area contributed by atoms with Crippen LogP contribution in [-0.4, -0.2) is 10.5 Å². The van der Waals surface area contributed by atoms with Gasteiger partial charge in [-0.05, 0) is 22.9 Å². The van der Waals surface area contributed by atoms with Gasteiger partial charge in [-0.25, -0.2) is 0 Å². The van der Waals surface area contributed by atoms with Gasteiger partial charge < -0.3 is 4.57 Å². The highest BCUT2D eigenvalue weighted by Gasteiger charge is 2.09. The number of carbonyl (C=O) groups is 1. The molecule has 0 spiro atoms. The van der Waals surface area contributed by atoms with Crippen molar-refractivity contribution in [1.82, 2.24) is 4.57 Å². The molecule has 2 aromatic carbocycles. The van der Waals surface area contributed by atoms with E-state index in [9.17, 15) is 4.79 Å². The lowest BCUT2D eigenvalue weighted by atomic mass is 10.1. The fraction of sp³-hybridized carbons (Fsp3) is 0.0588. The third-order valence-corrected chi connectivity index (χ3v) is 5.57. The van der Waals surface area contributed by atoms with Gasteiger partial charge in [0.25, 0.3) is 5.91 Å². The number of amides is 1. The fourth-order valence-corrected chi connectivity index (χ4v) is 4.21. The SMILES string of the molecule is Cn1c(=NC(=O)c2cccs2)sc2ccc3ccccc3c21. The van der Waals surface area contributed by atoms with Gasteiger partial charge in [-0.1, -0.05) is 47.7 Å². The molecule has 2 aromatic heterocycles. The molecule has 0 aliphatic heterocycles. The van der Waals surface area contributed by atoms with Crippen LogP contribution in [0.25, 0.3) is 21.0 Å². The van der Waals surface area contributed by atoms with E-state index in [0.29, 0.717) is 4.88 Å². The van der Waals surface area contributed by atoms with Crippen molar-refractivity contribution in [1.29, 1.82) is 0 Å². The van der Waals surface area contributed by atoms with E-state index in [0.717, 1.165) is 15.0 Å². The Balaban J connectivity index is 1.98. The van der Waals surface area contributed by atoms with Crippen LogP contribution in [0.1, 0.15) is 9.67 Å². The minimum absolute atomic E-state index is 0.179. The average Bonchev–Trinajstić information content (AvgIpc) is 3.17. The maximum atomic E-state index is 12.2. The molecule has 0 aliphatic rings. The van der Waals surface area contributed by atoms with Crippen molar-refractivity contribution < 1.29 is 4.79 Å². The zero-order valence-electron chi connectivity index (χ0n) is 11.8. The van der Waals surface area contributed by atoms with Crippen LogP contribution >= 0.6 is 22.7 Å². The van der Waals surface area contributed by atoms with Crippen LogP contribution < -0.4 is 4.80 Å². The summed E-state index contributed by atoms with van der Waals surface area (Å²) in [6.45, 7) is 0. The third-order valence-electron chi connectivity index (χ3n) is 3.62. The van der Waals surface area contributed by atoms with E-state index in [1.165, 1.54) is 22.1 Å². The molecule has 5 heteroatoms. The Morgan fingerprint density at radius 3 is 2.77 bits per heavy atom. The molecular formula is C17H12N2OS2. The number of nitrogens with zero attached hydrogens (tertiary/aromatic N) is 2. The van der Waals surface area contributed by atoms with Crippen LogP contribution in [-0.2, 0) is 7.05 Å². The quantitative estimate of drug-likeness (QED) is 0.517. The summed E-state index contributed by atoms with van der Waals surface area (Å²) in [5.74, 6) is -0.179. The van der Waals surface area contributed by atoms with E-state index in [1.807, 2.05) is 35.2 Å². The van der Waals surface area contributed by atoms with Gasteiger partial charge in [0, 0.05) is 12.4 Å². The first kappa shape index (κ1) is 13.4. The first-order chi connectivity index (χ1) is 10.7. The third kappa shape index (κ3) is 2.10. The highest BCUT2D eigenvalue weighted by Crippen LogP contribution is 2.26. The lowest BCUT2D eigenvalue weighted by Crippen LogP contribution is -2.12. The van der Waals surface area contributed by atoms with E-state index in [1.54, 1.807) is 17.4 Å². The normalized spacial score (nSPS) is 12.3. The van der Waals surface area contributed by atoms with Crippen LogP contribution in [0, 0.1) is 0 Å². The van der Waals surface area contributed by atoms with Crippen molar-refractivity contribution in [3.05, 3.63) is 63.6 Å². The summed E-state index contributed by atoms with van der Waals surface area (Å²) < 4.78 is 3.15. The van der Waals surface area contributed by atoms with Gasteiger partial charge in [0.1, 0.15) is 0 Å². The van der Waals surface area contributed by atoms with E-state index in [4.69, 9.17) is 0 Å². The molecule has 0 saturated carbocycles. The maximum absolute atomic E-state index is 12.2. The summed E-state index contributed by atoms with van der Waals surface area (Å²) in [5, 5.41) is 4.27. The van der Waals surface area contributed by atoms with Gasteiger partial charge in [-0.2, -0.15) is 4.99 Å². The standard InChI is InChI=1S/C17H12N2OS2/c1-19-15-12-6-3-2-5-11(12)8-9-13(15)22-17(19)18-16(20)14-7-4-10-21-14/h2-10H,1H3. The molecule has 3 nitrogen and oxygen atoms in total. The summed E-state index contributed by atoms with van der Waals surface area (Å²) in [4.78, 5) is 17.9. The summed E-state index contributed by atoms with van der Waals surface area (Å²) >= 11 is 2.96. The molecule has 0 unspecified atom stereocenters. The Morgan fingerprint density at radius 2 is 1.95 bits per heavy atom. The number of thiazole rings is 1. The molecule has 0 saturated heterocycles. The number of hydrogen-bond donors (Lipinski definition) is 0. The van der Waals surface area contributed by atoms with Gasteiger partial charge in [0.15, 0.2) is 4.80 Å². The predicted octanol–water partition coefficient (Wildman–Crippen LogP) is 4.20. The number of thiophene rings is 1. The van der Waals surface area contributed by atoms with Crippen LogP contribution in [0.2, 0.25) is 0 Å². The number of rotatable bonds is 1. The Morgan fingerprint density at radius 1 is 1.09 bits per heavy atom. The smallest absolute Gasteiger partial charge is 0.289 e. The second-order valence-electron chi connectivity index (χ2n) is 4.97. The van der Waals surface area contributed by atoms with Gasteiger partial charge in [0.2, 0.25) is 0 Å². The van der Waals surface area contributed by atoms with Crippen molar-refractivity contribution in [3.63, 3.8) is 0 Å². The number of hydrogen-bond acceptors (Lipinski definition) is 3. The average molecular weight is 324 g/mol. The van der Waals surface area contributed by atoms with Crippen molar-refractivity contribution >= 4 is 49.6 Å². The molecular weight excluding hydrogens is 312 g/mol. The monoisotopic (exact) mass is 324 g/mol. The van der Waals surface area contributed by atoms with Crippen LogP contribution in [0.4, 0.5) is 0 Å². The number of fused-ring (bicyclic) bond motifs is 3. The lowest BCUT2D eigenvalue weighted by molar-refractivity contribution is 0.100. The molecule has 0 aliphatic carbocycles.